The molecule has 0 unspecified atom stereocenters. The van der Waals surface area contributed by atoms with Gasteiger partial charge in [0.05, 0.1) is 33.6 Å². The molecule has 0 atom stereocenters. The Morgan fingerprint density at radius 1 is 0.297 bits per heavy atom. The minimum absolute atomic E-state index is 0.467. The molecule has 6 nitrogen and oxygen atoms in total. The molecule has 0 N–H and O–H groups in total. The number of nitrogens with zero attached hydrogens (tertiary/aromatic N) is 4. The van der Waals surface area contributed by atoms with Gasteiger partial charge in [-0.05, 0) is 68.8 Å². The first-order chi connectivity index (χ1) is 31.7. The first-order valence-corrected chi connectivity index (χ1v) is 21.7. The molecule has 11 aromatic rings. The van der Waals surface area contributed by atoms with E-state index >= 15 is 0 Å². The van der Waals surface area contributed by atoms with Crippen molar-refractivity contribution in [2.24, 2.45) is 0 Å². The summed E-state index contributed by atoms with van der Waals surface area (Å²) in [5.74, 6) is 0. The molecular weight excluding hydrogens is 785 g/mol. The van der Waals surface area contributed by atoms with Crippen molar-refractivity contribution >= 4 is 57.0 Å². The molecule has 0 amide bonds. The van der Waals surface area contributed by atoms with Crippen molar-refractivity contribution in [2.75, 3.05) is 9.80 Å². The number of aromatic nitrogens is 2. The van der Waals surface area contributed by atoms with Gasteiger partial charge >= 0.3 is 12.0 Å². The van der Waals surface area contributed by atoms with E-state index in [0.717, 1.165) is 45.0 Å². The van der Waals surface area contributed by atoms with Crippen LogP contribution in [0, 0.1) is 0 Å². The van der Waals surface area contributed by atoms with Crippen LogP contribution < -0.4 is 9.80 Å². The van der Waals surface area contributed by atoms with E-state index in [0.29, 0.717) is 34.2 Å². The molecule has 13 rings (SSSR count). The molecule has 2 aromatic heterocycles. The number of benzene rings is 9. The lowest BCUT2D eigenvalue weighted by atomic mass is 9.62. The number of oxazole rings is 2. The number of hydrogen-bond acceptors (Lipinski definition) is 6. The summed E-state index contributed by atoms with van der Waals surface area (Å²) in [5, 5.41) is 0. The Hall–Kier alpha value is -8.48. The third-order valence-electron chi connectivity index (χ3n) is 13.3. The number of fused-ring (bicyclic) bond motifs is 6. The molecule has 9 aromatic carbocycles. The average Bonchev–Trinajstić information content (AvgIpc) is 3.98. The molecule has 2 aliphatic rings. The van der Waals surface area contributed by atoms with Crippen molar-refractivity contribution in [1.82, 2.24) is 9.97 Å². The van der Waals surface area contributed by atoms with Crippen LogP contribution in [0.1, 0.15) is 44.5 Å². The van der Waals surface area contributed by atoms with Gasteiger partial charge in [-0.25, -0.2) is 0 Å². The molecule has 6 heteroatoms. The minimum atomic E-state index is -0.591. The van der Waals surface area contributed by atoms with E-state index in [1.54, 1.807) is 0 Å². The molecule has 0 spiro atoms. The van der Waals surface area contributed by atoms with Crippen molar-refractivity contribution in [3.8, 4) is 0 Å². The van der Waals surface area contributed by atoms with Crippen LogP contribution >= 0.6 is 0 Å². The van der Waals surface area contributed by atoms with E-state index in [1.807, 2.05) is 12.1 Å². The first kappa shape index (κ1) is 36.2. The third-order valence-corrected chi connectivity index (χ3v) is 13.3. The normalized spacial score (nSPS) is 14.4. The van der Waals surface area contributed by atoms with E-state index < -0.39 is 10.8 Å². The maximum Gasteiger partial charge on any atom is 0.307 e. The van der Waals surface area contributed by atoms with Gasteiger partial charge in [0.15, 0.2) is 11.2 Å². The molecule has 0 fully saturated rings. The monoisotopic (exact) mass is 822 g/mol. The highest BCUT2D eigenvalue weighted by Gasteiger charge is 2.48. The van der Waals surface area contributed by atoms with Crippen molar-refractivity contribution in [1.29, 1.82) is 0 Å². The molecule has 0 bridgehead atoms. The predicted molar refractivity (Wildman–Crippen MR) is 255 cm³/mol. The van der Waals surface area contributed by atoms with Crippen molar-refractivity contribution in [2.45, 2.75) is 10.8 Å². The highest BCUT2D eigenvalue weighted by atomic mass is 16.4. The van der Waals surface area contributed by atoms with Gasteiger partial charge in [-0.1, -0.05) is 194 Å². The topological polar surface area (TPSA) is 58.5 Å². The fraction of sp³-hybridized carbons (Fsp3) is 0.0345. The average molecular weight is 823 g/mol. The van der Waals surface area contributed by atoms with Crippen LogP contribution in [-0.4, -0.2) is 9.97 Å². The molecule has 64 heavy (non-hydrogen) atoms. The maximum atomic E-state index is 6.82. The summed E-state index contributed by atoms with van der Waals surface area (Å²) in [4.78, 5) is 14.7. The van der Waals surface area contributed by atoms with Crippen LogP contribution in [0.25, 0.3) is 22.2 Å². The molecule has 0 aliphatic carbocycles. The summed E-state index contributed by atoms with van der Waals surface area (Å²) in [5.41, 5.74) is 14.7. The van der Waals surface area contributed by atoms with Gasteiger partial charge in [0, 0.05) is 12.1 Å². The van der Waals surface area contributed by atoms with Gasteiger partial charge < -0.3 is 8.83 Å². The van der Waals surface area contributed by atoms with E-state index in [9.17, 15) is 0 Å². The second kappa shape index (κ2) is 14.0. The third kappa shape index (κ3) is 5.02. The highest BCUT2D eigenvalue weighted by molar-refractivity contribution is 5.95. The van der Waals surface area contributed by atoms with Gasteiger partial charge in [-0.3, -0.25) is 9.80 Å². The minimum Gasteiger partial charge on any atom is -0.423 e. The summed E-state index contributed by atoms with van der Waals surface area (Å²) >= 11 is 0. The fourth-order valence-corrected chi connectivity index (χ4v) is 10.8. The molecule has 302 valence electrons. The zero-order valence-electron chi connectivity index (χ0n) is 34.5. The SMILES string of the molecule is c1ccc(C2(c3ccccc3)c3ccccc3N(c3nc4cc5oc(N6c7ccccc7C(c7ccccc7)(c7ccccc7)c7ccccc76)nc5cc4o3)c3ccccc32)cc1. The summed E-state index contributed by atoms with van der Waals surface area (Å²) in [6, 6.07) is 82.4. The first-order valence-electron chi connectivity index (χ1n) is 21.7. The largest absolute Gasteiger partial charge is 0.423 e. The zero-order chi connectivity index (χ0) is 42.2. The molecule has 0 saturated heterocycles. The van der Waals surface area contributed by atoms with Crippen LogP contribution in [0.15, 0.2) is 239 Å². The summed E-state index contributed by atoms with van der Waals surface area (Å²) in [7, 11) is 0. The van der Waals surface area contributed by atoms with Crippen LogP contribution in [0.2, 0.25) is 0 Å². The van der Waals surface area contributed by atoms with Gasteiger partial charge in [0.2, 0.25) is 0 Å². The quantitative estimate of drug-likeness (QED) is 0.166. The second-order valence-corrected chi connectivity index (χ2v) is 16.5. The lowest BCUT2D eigenvalue weighted by Crippen LogP contribution is -2.37. The zero-order valence-corrected chi connectivity index (χ0v) is 34.5. The molecule has 0 radical (unpaired) electrons. The Bertz CT molecular complexity index is 3070. The van der Waals surface area contributed by atoms with Crippen molar-refractivity contribution in [3.05, 3.63) is 275 Å². The Kier molecular flexibility index (Phi) is 7.93. The fourth-order valence-electron chi connectivity index (χ4n) is 10.8. The van der Waals surface area contributed by atoms with Gasteiger partial charge in [-0.15, -0.1) is 0 Å². The van der Waals surface area contributed by atoms with Crippen LogP contribution in [0.5, 0.6) is 0 Å². The van der Waals surface area contributed by atoms with E-state index in [-0.39, 0.29) is 0 Å². The molecule has 0 saturated carbocycles. The highest BCUT2D eigenvalue weighted by Crippen LogP contribution is 2.59. The van der Waals surface area contributed by atoms with Gasteiger partial charge in [-0.2, -0.15) is 9.97 Å². The standard InChI is InChI=1S/C58H38N4O2/c1-5-21-39(22-6-1)57(40-23-7-2-8-24-40)43-29-13-17-33-49(43)61(50-34-18-14-30-44(50)57)55-59-47-37-54-48(38-53(47)63-55)60-56(64-54)62-51-35-19-15-31-45(51)58(41-25-9-3-10-26-41,42-27-11-4-12-28-42)46-32-16-20-36-52(46)62/h1-38H. The van der Waals surface area contributed by atoms with E-state index in [4.69, 9.17) is 18.8 Å². The van der Waals surface area contributed by atoms with Crippen LogP contribution in [-0.2, 0) is 10.8 Å². The molecule has 2 aliphatic heterocycles. The van der Waals surface area contributed by atoms with Crippen molar-refractivity contribution < 1.29 is 8.83 Å². The van der Waals surface area contributed by atoms with Gasteiger partial charge in [0.25, 0.3) is 0 Å². The van der Waals surface area contributed by atoms with Crippen LogP contribution in [0.4, 0.5) is 34.8 Å². The summed E-state index contributed by atoms with van der Waals surface area (Å²) < 4.78 is 13.6. The Morgan fingerprint density at radius 3 is 0.828 bits per heavy atom. The van der Waals surface area contributed by atoms with Crippen molar-refractivity contribution in [3.63, 3.8) is 0 Å². The Balaban J connectivity index is 0.961. The predicted octanol–water partition coefficient (Wildman–Crippen LogP) is 14.3. The Morgan fingerprint density at radius 2 is 0.547 bits per heavy atom. The van der Waals surface area contributed by atoms with E-state index in [1.165, 1.54) is 22.3 Å². The maximum absolute atomic E-state index is 6.82. The Labute approximate surface area is 370 Å². The lowest BCUT2D eigenvalue weighted by molar-refractivity contribution is 0.600. The summed E-state index contributed by atoms with van der Waals surface area (Å²) in [6.45, 7) is 0. The number of anilines is 6. The summed E-state index contributed by atoms with van der Waals surface area (Å²) in [6.07, 6.45) is 0. The number of hydrogen-bond donors (Lipinski definition) is 0. The van der Waals surface area contributed by atoms with E-state index in [2.05, 4.69) is 228 Å². The van der Waals surface area contributed by atoms with Gasteiger partial charge in [0.1, 0.15) is 11.0 Å². The number of para-hydroxylation sites is 4. The second-order valence-electron chi connectivity index (χ2n) is 16.5. The molecule has 4 heterocycles. The smallest absolute Gasteiger partial charge is 0.307 e. The van der Waals surface area contributed by atoms with Crippen LogP contribution in [0.3, 0.4) is 0 Å². The molecular formula is C58H38N4O2. The lowest BCUT2D eigenvalue weighted by Gasteiger charge is -2.45. The number of rotatable bonds is 6.